The quantitative estimate of drug-likeness (QED) is 0.565. The van der Waals surface area contributed by atoms with Gasteiger partial charge in [-0.25, -0.2) is 16.8 Å². The Kier molecular flexibility index (Phi) is 2.77. The molecule has 4 nitrogen and oxygen atoms in total. The molecule has 0 aromatic carbocycles. The first-order valence-corrected chi connectivity index (χ1v) is 7.46. The summed E-state index contributed by atoms with van der Waals surface area (Å²) < 4.78 is 44.2. The molecule has 6 heteroatoms. The van der Waals surface area contributed by atoms with Gasteiger partial charge >= 0.3 is 0 Å². The zero-order chi connectivity index (χ0) is 9.24. The van der Waals surface area contributed by atoms with E-state index < -0.39 is 24.8 Å². The van der Waals surface area contributed by atoms with Crippen LogP contribution in [-0.2, 0) is 19.7 Å². The summed E-state index contributed by atoms with van der Waals surface area (Å²) in [6.45, 7) is 0. The highest BCUT2D eigenvalue weighted by atomic mass is 32.3. The maximum absolute atomic E-state index is 11.1. The van der Waals surface area contributed by atoms with Gasteiger partial charge in [0, 0.05) is 0 Å². The van der Waals surface area contributed by atoms with E-state index in [2.05, 4.69) is 0 Å². The molecule has 0 aliphatic carbocycles. The third kappa shape index (κ3) is 3.10. The van der Waals surface area contributed by atoms with Crippen molar-refractivity contribution in [3.05, 3.63) is 0 Å². The summed E-state index contributed by atoms with van der Waals surface area (Å²) in [5, 5.41) is -0.653. The number of sulfone groups is 2. The molecule has 0 saturated carbocycles. The second-order valence-corrected chi connectivity index (χ2v) is 7.81. The Hall–Kier alpha value is -0.100. The fourth-order valence-corrected chi connectivity index (χ4v) is 5.63. The van der Waals surface area contributed by atoms with E-state index in [0.29, 0.717) is 19.3 Å². The summed E-state index contributed by atoms with van der Waals surface area (Å²) >= 11 is 0. The Labute approximate surface area is 72.8 Å². The van der Waals surface area contributed by atoms with Crippen LogP contribution < -0.4 is 0 Å². The minimum atomic E-state index is -3.34. The lowest BCUT2D eigenvalue weighted by molar-refractivity contribution is 0.578. The van der Waals surface area contributed by atoms with Gasteiger partial charge in [-0.2, -0.15) is 0 Å². The molecule has 1 saturated heterocycles. The number of rotatable bonds is 0. The molecule has 0 bridgehead atoms. The van der Waals surface area contributed by atoms with Gasteiger partial charge in [0.2, 0.25) is 0 Å². The van der Waals surface area contributed by atoms with E-state index in [9.17, 15) is 16.8 Å². The van der Waals surface area contributed by atoms with Crippen LogP contribution in [0.2, 0.25) is 0 Å². The van der Waals surface area contributed by atoms with Crippen LogP contribution in [0, 0.1) is 0 Å². The Morgan fingerprint density at radius 1 is 0.667 bits per heavy atom. The first-order valence-electron chi connectivity index (χ1n) is 3.82. The average molecular weight is 212 g/mol. The molecule has 1 aliphatic heterocycles. The van der Waals surface area contributed by atoms with Crippen LogP contribution in [0.1, 0.15) is 19.3 Å². The van der Waals surface area contributed by atoms with E-state index in [-0.39, 0.29) is 11.5 Å². The van der Waals surface area contributed by atoms with Crippen LogP contribution in [-0.4, -0.2) is 33.4 Å². The van der Waals surface area contributed by atoms with Gasteiger partial charge in [0.15, 0.2) is 24.8 Å². The van der Waals surface area contributed by atoms with Gasteiger partial charge in [-0.15, -0.1) is 0 Å². The Morgan fingerprint density at radius 3 is 1.50 bits per heavy atom. The summed E-state index contributed by atoms with van der Waals surface area (Å²) in [5.41, 5.74) is 0. The monoisotopic (exact) mass is 212 g/mol. The van der Waals surface area contributed by atoms with Crippen LogP contribution in [0.3, 0.4) is 0 Å². The van der Waals surface area contributed by atoms with Gasteiger partial charge in [0.05, 0.1) is 11.5 Å². The van der Waals surface area contributed by atoms with Crippen LogP contribution in [0.25, 0.3) is 0 Å². The van der Waals surface area contributed by atoms with Crippen molar-refractivity contribution < 1.29 is 16.8 Å². The molecule has 1 fully saturated rings. The van der Waals surface area contributed by atoms with Crippen LogP contribution in [0.5, 0.6) is 0 Å². The summed E-state index contributed by atoms with van der Waals surface area (Å²) in [5.74, 6) is 0.0401. The van der Waals surface area contributed by atoms with Crippen molar-refractivity contribution in [2.45, 2.75) is 19.3 Å². The molecule has 1 heterocycles. The number of hydrogen-bond acceptors (Lipinski definition) is 4. The Bertz CT molecular complexity index is 304. The van der Waals surface area contributed by atoms with Gasteiger partial charge in [-0.1, -0.05) is 6.42 Å². The lowest BCUT2D eigenvalue weighted by Crippen LogP contribution is -2.23. The SMILES string of the molecule is O=S1(=O)CCCCCS(=O)(=O)C1. The fourth-order valence-electron chi connectivity index (χ4n) is 1.21. The standard InChI is InChI=1S/C6H12O4S2/c7-11(8)4-2-1-3-5-12(9,10)6-11/h1-6H2. The third-order valence-corrected chi connectivity index (χ3v) is 6.46. The second-order valence-electron chi connectivity index (χ2n) is 3.07. The minimum Gasteiger partial charge on any atom is -0.228 e. The van der Waals surface area contributed by atoms with Crippen molar-refractivity contribution in [2.75, 3.05) is 16.6 Å². The second kappa shape index (κ2) is 3.33. The van der Waals surface area contributed by atoms with Crippen LogP contribution in [0.15, 0.2) is 0 Å². The minimum absolute atomic E-state index is 0.0201. The zero-order valence-corrected chi connectivity index (χ0v) is 8.33. The summed E-state index contributed by atoms with van der Waals surface area (Å²) in [4.78, 5) is 0. The molecular weight excluding hydrogens is 200 g/mol. The molecule has 0 radical (unpaired) electrons. The molecule has 12 heavy (non-hydrogen) atoms. The molecule has 1 aliphatic rings. The fraction of sp³-hybridized carbons (Fsp3) is 1.00. The molecule has 0 atom stereocenters. The molecular formula is C6H12O4S2. The summed E-state index contributed by atoms with van der Waals surface area (Å²) in [6.07, 6.45) is 1.88. The lowest BCUT2D eigenvalue weighted by atomic mass is 10.3. The van der Waals surface area contributed by atoms with E-state index in [1.807, 2.05) is 0 Å². The predicted molar refractivity (Wildman–Crippen MR) is 46.3 cm³/mol. The van der Waals surface area contributed by atoms with Gasteiger partial charge in [0.25, 0.3) is 0 Å². The largest absolute Gasteiger partial charge is 0.228 e. The van der Waals surface area contributed by atoms with E-state index in [4.69, 9.17) is 0 Å². The van der Waals surface area contributed by atoms with Gasteiger partial charge in [0.1, 0.15) is 0 Å². The van der Waals surface area contributed by atoms with Gasteiger partial charge < -0.3 is 0 Å². The maximum atomic E-state index is 11.1. The Balaban J connectivity index is 2.86. The number of hydrogen-bond donors (Lipinski definition) is 0. The van der Waals surface area contributed by atoms with Crippen molar-refractivity contribution in [2.24, 2.45) is 0 Å². The highest BCUT2D eigenvalue weighted by Crippen LogP contribution is 2.10. The maximum Gasteiger partial charge on any atom is 0.164 e. The first kappa shape index (κ1) is 9.98. The van der Waals surface area contributed by atoms with Crippen LogP contribution >= 0.6 is 0 Å². The highest BCUT2D eigenvalue weighted by Gasteiger charge is 2.23. The van der Waals surface area contributed by atoms with Crippen molar-refractivity contribution in [3.63, 3.8) is 0 Å². The van der Waals surface area contributed by atoms with Crippen molar-refractivity contribution in [1.82, 2.24) is 0 Å². The first-order chi connectivity index (χ1) is 5.41. The zero-order valence-electron chi connectivity index (χ0n) is 6.69. The molecule has 0 amide bonds. The predicted octanol–water partition coefficient (Wildman–Crippen LogP) is -0.0426. The van der Waals surface area contributed by atoms with Crippen LogP contribution in [0.4, 0.5) is 0 Å². The highest BCUT2D eigenvalue weighted by molar-refractivity contribution is 8.08. The average Bonchev–Trinajstić information content (AvgIpc) is 1.80. The van der Waals surface area contributed by atoms with Crippen molar-refractivity contribution in [3.8, 4) is 0 Å². The smallest absolute Gasteiger partial charge is 0.164 e. The summed E-state index contributed by atoms with van der Waals surface area (Å²) in [6, 6.07) is 0. The van der Waals surface area contributed by atoms with Crippen molar-refractivity contribution >= 4 is 19.7 Å². The molecule has 0 aromatic heterocycles. The molecule has 0 aromatic rings. The molecule has 0 N–H and O–H groups in total. The normalized spacial score (nSPS) is 28.7. The lowest BCUT2D eigenvalue weighted by Gasteiger charge is -2.09. The Morgan fingerprint density at radius 2 is 1.08 bits per heavy atom. The van der Waals surface area contributed by atoms with E-state index in [1.54, 1.807) is 0 Å². The molecule has 0 unspecified atom stereocenters. The van der Waals surface area contributed by atoms with E-state index in [1.165, 1.54) is 0 Å². The molecule has 0 spiro atoms. The molecule has 1 rings (SSSR count). The topological polar surface area (TPSA) is 68.3 Å². The summed E-state index contributed by atoms with van der Waals surface area (Å²) in [7, 11) is -6.68. The van der Waals surface area contributed by atoms with E-state index >= 15 is 0 Å². The third-order valence-electron chi connectivity index (χ3n) is 1.77. The van der Waals surface area contributed by atoms with Gasteiger partial charge in [-0.3, -0.25) is 0 Å². The van der Waals surface area contributed by atoms with Crippen molar-refractivity contribution in [1.29, 1.82) is 0 Å². The van der Waals surface area contributed by atoms with E-state index in [0.717, 1.165) is 0 Å². The molecule has 72 valence electrons. The van der Waals surface area contributed by atoms with Gasteiger partial charge in [-0.05, 0) is 12.8 Å².